The Bertz CT molecular complexity index is 403. The first kappa shape index (κ1) is 12.3. The van der Waals surface area contributed by atoms with Crippen LogP contribution in [-0.2, 0) is 16.0 Å². The van der Waals surface area contributed by atoms with Crippen molar-refractivity contribution >= 4 is 5.78 Å². The van der Waals surface area contributed by atoms with Crippen molar-refractivity contribution in [3.63, 3.8) is 0 Å². The average molecular weight is 232 g/mol. The molecule has 1 aromatic carbocycles. The first-order valence-electron chi connectivity index (χ1n) is 6.29. The van der Waals surface area contributed by atoms with E-state index in [9.17, 15) is 4.79 Å². The SMILES string of the molecule is Cc1cccc(C)c1CC(=O)C1CCOC1C. The maximum absolute atomic E-state index is 12.2. The summed E-state index contributed by atoms with van der Waals surface area (Å²) in [6.07, 6.45) is 1.52. The van der Waals surface area contributed by atoms with Crippen LogP contribution >= 0.6 is 0 Å². The molecule has 0 bridgehead atoms. The highest BCUT2D eigenvalue weighted by Crippen LogP contribution is 2.24. The summed E-state index contributed by atoms with van der Waals surface area (Å²) in [5.74, 6) is 0.418. The Morgan fingerprint density at radius 3 is 2.53 bits per heavy atom. The van der Waals surface area contributed by atoms with Gasteiger partial charge in [-0.25, -0.2) is 0 Å². The van der Waals surface area contributed by atoms with Crippen LogP contribution in [0.25, 0.3) is 0 Å². The van der Waals surface area contributed by atoms with Crippen molar-refractivity contribution in [3.8, 4) is 0 Å². The van der Waals surface area contributed by atoms with Gasteiger partial charge in [0.1, 0.15) is 5.78 Å². The fourth-order valence-electron chi connectivity index (χ4n) is 2.59. The molecular weight excluding hydrogens is 212 g/mol. The molecular formula is C15H20O2. The van der Waals surface area contributed by atoms with Crippen LogP contribution in [0.4, 0.5) is 0 Å². The van der Waals surface area contributed by atoms with Crippen molar-refractivity contribution in [1.29, 1.82) is 0 Å². The van der Waals surface area contributed by atoms with Gasteiger partial charge in [-0.15, -0.1) is 0 Å². The highest BCUT2D eigenvalue weighted by Gasteiger charge is 2.30. The summed E-state index contributed by atoms with van der Waals surface area (Å²) in [6.45, 7) is 6.87. The van der Waals surface area contributed by atoms with E-state index in [1.165, 1.54) is 16.7 Å². The zero-order valence-corrected chi connectivity index (χ0v) is 10.8. The molecule has 0 radical (unpaired) electrons. The molecule has 1 fully saturated rings. The molecule has 2 rings (SSSR count). The molecule has 1 heterocycles. The highest BCUT2D eigenvalue weighted by atomic mass is 16.5. The van der Waals surface area contributed by atoms with Crippen LogP contribution in [0.5, 0.6) is 0 Å². The Morgan fingerprint density at radius 2 is 2.00 bits per heavy atom. The minimum atomic E-state index is 0.0897. The van der Waals surface area contributed by atoms with Crippen molar-refractivity contribution in [2.75, 3.05) is 6.61 Å². The summed E-state index contributed by atoms with van der Waals surface area (Å²) in [4.78, 5) is 12.2. The molecule has 0 N–H and O–H groups in total. The average Bonchev–Trinajstić information content (AvgIpc) is 2.70. The van der Waals surface area contributed by atoms with Crippen LogP contribution in [-0.4, -0.2) is 18.5 Å². The Labute approximate surface area is 103 Å². The van der Waals surface area contributed by atoms with Crippen LogP contribution in [0.15, 0.2) is 18.2 Å². The van der Waals surface area contributed by atoms with Crippen LogP contribution in [0.2, 0.25) is 0 Å². The van der Waals surface area contributed by atoms with Crippen molar-refractivity contribution < 1.29 is 9.53 Å². The van der Waals surface area contributed by atoms with Crippen molar-refractivity contribution in [1.82, 2.24) is 0 Å². The lowest BCUT2D eigenvalue weighted by atomic mass is 9.90. The predicted molar refractivity (Wildman–Crippen MR) is 68.1 cm³/mol. The lowest BCUT2D eigenvalue weighted by Gasteiger charge is -2.15. The molecule has 1 aromatic rings. The number of hydrogen-bond donors (Lipinski definition) is 0. The second-order valence-corrected chi connectivity index (χ2v) is 4.98. The molecule has 2 atom stereocenters. The molecule has 0 spiro atoms. The van der Waals surface area contributed by atoms with E-state index in [4.69, 9.17) is 4.74 Å². The fourth-order valence-corrected chi connectivity index (χ4v) is 2.59. The Kier molecular flexibility index (Phi) is 3.63. The smallest absolute Gasteiger partial charge is 0.143 e. The zero-order valence-electron chi connectivity index (χ0n) is 10.8. The molecule has 0 saturated carbocycles. The van der Waals surface area contributed by atoms with Crippen LogP contribution in [0.3, 0.4) is 0 Å². The van der Waals surface area contributed by atoms with E-state index in [1.54, 1.807) is 0 Å². The quantitative estimate of drug-likeness (QED) is 0.801. The lowest BCUT2D eigenvalue weighted by molar-refractivity contribution is -0.123. The van der Waals surface area contributed by atoms with Gasteiger partial charge in [-0.05, 0) is 43.9 Å². The van der Waals surface area contributed by atoms with E-state index in [2.05, 4.69) is 26.0 Å². The molecule has 0 aromatic heterocycles. The number of Topliss-reactive ketones (excluding diaryl/α,β-unsaturated/α-hetero) is 1. The Morgan fingerprint density at radius 1 is 1.35 bits per heavy atom. The number of ketones is 1. The molecule has 2 nitrogen and oxygen atoms in total. The van der Waals surface area contributed by atoms with Gasteiger partial charge >= 0.3 is 0 Å². The van der Waals surface area contributed by atoms with Gasteiger partial charge < -0.3 is 4.74 Å². The van der Waals surface area contributed by atoms with E-state index in [1.807, 2.05) is 13.0 Å². The Balaban J connectivity index is 2.13. The topological polar surface area (TPSA) is 26.3 Å². The third-order valence-corrected chi connectivity index (χ3v) is 3.79. The van der Waals surface area contributed by atoms with Gasteiger partial charge in [-0.2, -0.15) is 0 Å². The largest absolute Gasteiger partial charge is 0.378 e. The van der Waals surface area contributed by atoms with Crippen LogP contribution < -0.4 is 0 Å². The van der Waals surface area contributed by atoms with Gasteiger partial charge in [0, 0.05) is 18.9 Å². The number of ether oxygens (including phenoxy) is 1. The minimum absolute atomic E-state index is 0.0897. The summed E-state index contributed by atoms with van der Waals surface area (Å²) in [7, 11) is 0. The van der Waals surface area contributed by atoms with Crippen LogP contribution in [0, 0.1) is 19.8 Å². The maximum atomic E-state index is 12.2. The molecule has 2 heteroatoms. The van der Waals surface area contributed by atoms with E-state index in [0.717, 1.165) is 13.0 Å². The fraction of sp³-hybridized carbons (Fsp3) is 0.533. The van der Waals surface area contributed by atoms with Crippen molar-refractivity contribution in [3.05, 3.63) is 34.9 Å². The lowest BCUT2D eigenvalue weighted by Crippen LogP contribution is -2.23. The molecule has 17 heavy (non-hydrogen) atoms. The molecule has 1 aliphatic heterocycles. The van der Waals surface area contributed by atoms with E-state index in [0.29, 0.717) is 12.2 Å². The van der Waals surface area contributed by atoms with E-state index >= 15 is 0 Å². The third-order valence-electron chi connectivity index (χ3n) is 3.79. The molecule has 2 unspecified atom stereocenters. The maximum Gasteiger partial charge on any atom is 0.143 e. The second-order valence-electron chi connectivity index (χ2n) is 4.98. The summed E-state index contributed by atoms with van der Waals surface area (Å²) < 4.78 is 5.46. The first-order chi connectivity index (χ1) is 8.09. The summed E-state index contributed by atoms with van der Waals surface area (Å²) in [5.41, 5.74) is 3.62. The number of carbonyl (C=O) groups excluding carboxylic acids is 1. The number of aryl methyl sites for hydroxylation is 2. The molecule has 1 saturated heterocycles. The van der Waals surface area contributed by atoms with Crippen LogP contribution in [0.1, 0.15) is 30.0 Å². The van der Waals surface area contributed by atoms with Gasteiger partial charge in [0.15, 0.2) is 0 Å². The summed E-state index contributed by atoms with van der Waals surface area (Å²) in [5, 5.41) is 0. The molecule has 0 amide bonds. The first-order valence-corrected chi connectivity index (χ1v) is 6.29. The van der Waals surface area contributed by atoms with Gasteiger partial charge in [0.25, 0.3) is 0 Å². The normalized spacial score (nSPS) is 23.9. The number of hydrogen-bond acceptors (Lipinski definition) is 2. The number of benzene rings is 1. The standard InChI is InChI=1S/C15H20O2/c1-10-5-4-6-11(2)14(10)9-15(16)13-7-8-17-12(13)3/h4-6,12-13H,7-9H2,1-3H3. The predicted octanol–water partition coefficient (Wildman–Crippen LogP) is 2.84. The highest BCUT2D eigenvalue weighted by molar-refractivity contribution is 5.84. The number of rotatable bonds is 3. The minimum Gasteiger partial charge on any atom is -0.378 e. The Hall–Kier alpha value is -1.15. The van der Waals surface area contributed by atoms with Gasteiger partial charge in [-0.1, -0.05) is 18.2 Å². The molecule has 0 aliphatic carbocycles. The number of carbonyl (C=O) groups is 1. The monoisotopic (exact) mass is 232 g/mol. The van der Waals surface area contributed by atoms with Gasteiger partial charge in [0.2, 0.25) is 0 Å². The van der Waals surface area contributed by atoms with Gasteiger partial charge in [0.05, 0.1) is 6.10 Å². The summed E-state index contributed by atoms with van der Waals surface area (Å²) in [6, 6.07) is 6.19. The van der Waals surface area contributed by atoms with Gasteiger partial charge in [-0.3, -0.25) is 4.79 Å². The summed E-state index contributed by atoms with van der Waals surface area (Å²) >= 11 is 0. The van der Waals surface area contributed by atoms with E-state index < -0.39 is 0 Å². The second kappa shape index (κ2) is 5.01. The van der Waals surface area contributed by atoms with E-state index in [-0.39, 0.29) is 12.0 Å². The van der Waals surface area contributed by atoms with Crippen molar-refractivity contribution in [2.45, 2.75) is 39.7 Å². The molecule has 92 valence electrons. The molecule has 1 aliphatic rings. The van der Waals surface area contributed by atoms with Crippen molar-refractivity contribution in [2.24, 2.45) is 5.92 Å². The third kappa shape index (κ3) is 2.58. The zero-order chi connectivity index (χ0) is 12.4.